The van der Waals surface area contributed by atoms with E-state index >= 15 is 0 Å². The zero-order valence-corrected chi connectivity index (χ0v) is 15.1. The van der Waals surface area contributed by atoms with Gasteiger partial charge in [-0.05, 0) is 30.2 Å². The van der Waals surface area contributed by atoms with Crippen molar-refractivity contribution in [3.63, 3.8) is 0 Å². The first-order valence-electron chi connectivity index (χ1n) is 9.14. The van der Waals surface area contributed by atoms with Gasteiger partial charge in [-0.3, -0.25) is 4.79 Å². The number of aromatic nitrogens is 1. The molecular weight excluding hydrogens is 322 g/mol. The third kappa shape index (κ3) is 3.40. The molecule has 0 aliphatic carbocycles. The van der Waals surface area contributed by atoms with Crippen molar-refractivity contribution in [3.8, 4) is 0 Å². The van der Waals surface area contributed by atoms with Crippen LogP contribution in [0.15, 0.2) is 60.7 Å². The molecule has 1 aliphatic rings. The largest absolute Gasteiger partial charge is 0.353 e. The number of piperazine rings is 1. The van der Waals surface area contributed by atoms with Crippen LogP contribution in [0.2, 0.25) is 0 Å². The van der Waals surface area contributed by atoms with E-state index in [2.05, 4.69) is 30.0 Å². The number of fused-ring (bicyclic) bond motifs is 1. The third-order valence-corrected chi connectivity index (χ3v) is 5.02. The summed E-state index contributed by atoms with van der Waals surface area (Å²) in [6, 6.07) is 20.4. The Kier molecular flexibility index (Phi) is 4.57. The second-order valence-electron chi connectivity index (χ2n) is 6.85. The summed E-state index contributed by atoms with van der Waals surface area (Å²) in [4.78, 5) is 21.7. The average molecular weight is 345 g/mol. The Bertz CT molecular complexity index is 915. The fraction of sp³-hybridized carbons (Fsp3) is 0.273. The molecule has 0 spiro atoms. The number of para-hydroxylation sites is 1. The molecule has 1 saturated heterocycles. The van der Waals surface area contributed by atoms with Crippen molar-refractivity contribution < 1.29 is 4.79 Å². The van der Waals surface area contributed by atoms with Gasteiger partial charge in [0, 0.05) is 31.6 Å². The van der Waals surface area contributed by atoms with Crippen LogP contribution in [0.25, 0.3) is 10.9 Å². The van der Waals surface area contributed by atoms with Gasteiger partial charge in [-0.15, -0.1) is 0 Å². The summed E-state index contributed by atoms with van der Waals surface area (Å²) < 4.78 is 0. The number of carbonyl (C=O) groups is 1. The van der Waals surface area contributed by atoms with E-state index in [1.165, 1.54) is 10.9 Å². The number of amides is 1. The highest BCUT2D eigenvalue weighted by Gasteiger charge is 2.23. The molecule has 1 aromatic heterocycles. The Morgan fingerprint density at radius 1 is 0.962 bits per heavy atom. The summed E-state index contributed by atoms with van der Waals surface area (Å²) in [5.41, 5.74) is 3.29. The molecule has 1 fully saturated rings. The number of pyridine rings is 1. The zero-order chi connectivity index (χ0) is 17.9. The first-order chi connectivity index (χ1) is 12.7. The zero-order valence-electron chi connectivity index (χ0n) is 15.1. The molecule has 1 amide bonds. The van der Waals surface area contributed by atoms with Crippen molar-refractivity contribution in [1.82, 2.24) is 9.88 Å². The molecule has 26 heavy (non-hydrogen) atoms. The van der Waals surface area contributed by atoms with Gasteiger partial charge in [0.25, 0.3) is 0 Å². The number of aryl methyl sites for hydroxylation is 1. The van der Waals surface area contributed by atoms with Crippen LogP contribution >= 0.6 is 0 Å². The fourth-order valence-electron chi connectivity index (χ4n) is 3.58. The summed E-state index contributed by atoms with van der Waals surface area (Å²) in [5, 5.41) is 1.17. The van der Waals surface area contributed by atoms with Crippen LogP contribution in [-0.2, 0) is 11.2 Å². The fourth-order valence-corrected chi connectivity index (χ4v) is 3.58. The molecule has 0 saturated carbocycles. The SMILES string of the molecule is Cc1cc2ccccc2nc1N1CCN(C(=O)Cc2ccccc2)CC1. The monoisotopic (exact) mass is 345 g/mol. The Morgan fingerprint density at radius 3 is 2.42 bits per heavy atom. The maximum atomic E-state index is 12.5. The van der Waals surface area contributed by atoms with Gasteiger partial charge < -0.3 is 9.80 Å². The first kappa shape index (κ1) is 16.6. The molecule has 1 aliphatic heterocycles. The maximum Gasteiger partial charge on any atom is 0.227 e. The topological polar surface area (TPSA) is 36.4 Å². The van der Waals surface area contributed by atoms with E-state index < -0.39 is 0 Å². The normalized spacial score (nSPS) is 14.7. The number of benzene rings is 2. The molecular formula is C22H23N3O. The smallest absolute Gasteiger partial charge is 0.227 e. The molecule has 4 nitrogen and oxygen atoms in total. The Morgan fingerprint density at radius 2 is 1.65 bits per heavy atom. The first-order valence-corrected chi connectivity index (χ1v) is 9.14. The van der Waals surface area contributed by atoms with Crippen LogP contribution in [0.5, 0.6) is 0 Å². The minimum Gasteiger partial charge on any atom is -0.353 e. The minimum atomic E-state index is 0.207. The number of anilines is 1. The second-order valence-corrected chi connectivity index (χ2v) is 6.85. The highest BCUT2D eigenvalue weighted by Crippen LogP contribution is 2.24. The van der Waals surface area contributed by atoms with Crippen molar-refractivity contribution in [3.05, 3.63) is 71.8 Å². The third-order valence-electron chi connectivity index (χ3n) is 5.02. The lowest BCUT2D eigenvalue weighted by Gasteiger charge is -2.36. The lowest BCUT2D eigenvalue weighted by Crippen LogP contribution is -2.49. The quantitative estimate of drug-likeness (QED) is 0.730. The van der Waals surface area contributed by atoms with Gasteiger partial charge in [-0.2, -0.15) is 0 Å². The highest BCUT2D eigenvalue weighted by molar-refractivity contribution is 5.82. The highest BCUT2D eigenvalue weighted by atomic mass is 16.2. The van der Waals surface area contributed by atoms with Crippen LogP contribution < -0.4 is 4.90 Å². The van der Waals surface area contributed by atoms with Crippen LogP contribution in [0.3, 0.4) is 0 Å². The van der Waals surface area contributed by atoms with E-state index in [0.29, 0.717) is 6.42 Å². The van der Waals surface area contributed by atoms with E-state index in [1.807, 2.05) is 47.4 Å². The van der Waals surface area contributed by atoms with Crippen LogP contribution in [0, 0.1) is 6.92 Å². The average Bonchev–Trinajstić information content (AvgIpc) is 2.68. The van der Waals surface area contributed by atoms with Gasteiger partial charge in [0.05, 0.1) is 11.9 Å². The summed E-state index contributed by atoms with van der Waals surface area (Å²) >= 11 is 0. The van der Waals surface area contributed by atoms with E-state index in [1.54, 1.807) is 0 Å². The molecule has 3 aromatic rings. The van der Waals surface area contributed by atoms with Gasteiger partial charge in [0.2, 0.25) is 5.91 Å². The molecule has 0 N–H and O–H groups in total. The van der Waals surface area contributed by atoms with Crippen molar-refractivity contribution in [2.24, 2.45) is 0 Å². The number of carbonyl (C=O) groups excluding carboxylic acids is 1. The summed E-state index contributed by atoms with van der Waals surface area (Å²) in [6.07, 6.45) is 0.480. The van der Waals surface area contributed by atoms with Crippen molar-refractivity contribution >= 4 is 22.6 Å². The summed E-state index contributed by atoms with van der Waals surface area (Å²) in [7, 11) is 0. The Hall–Kier alpha value is -2.88. The van der Waals surface area contributed by atoms with Gasteiger partial charge in [-0.25, -0.2) is 4.98 Å². The second kappa shape index (κ2) is 7.16. The van der Waals surface area contributed by atoms with E-state index in [4.69, 9.17) is 4.98 Å². The van der Waals surface area contributed by atoms with Gasteiger partial charge in [0.15, 0.2) is 0 Å². The van der Waals surface area contributed by atoms with Crippen molar-refractivity contribution in [2.75, 3.05) is 31.1 Å². The molecule has 0 atom stereocenters. The Balaban J connectivity index is 1.43. The lowest BCUT2D eigenvalue weighted by molar-refractivity contribution is -0.130. The molecule has 0 unspecified atom stereocenters. The Labute approximate surface area is 154 Å². The molecule has 4 rings (SSSR count). The molecule has 0 radical (unpaired) electrons. The van der Waals surface area contributed by atoms with Gasteiger partial charge in [-0.1, -0.05) is 48.5 Å². The molecule has 2 heterocycles. The number of rotatable bonds is 3. The predicted octanol–water partition coefficient (Wildman–Crippen LogP) is 3.43. The number of hydrogen-bond acceptors (Lipinski definition) is 3. The number of hydrogen-bond donors (Lipinski definition) is 0. The summed E-state index contributed by atoms with van der Waals surface area (Å²) in [6.45, 7) is 5.26. The number of nitrogens with zero attached hydrogens (tertiary/aromatic N) is 3. The maximum absolute atomic E-state index is 12.5. The van der Waals surface area contributed by atoms with E-state index in [0.717, 1.165) is 43.1 Å². The van der Waals surface area contributed by atoms with E-state index in [9.17, 15) is 4.79 Å². The minimum absolute atomic E-state index is 0.207. The van der Waals surface area contributed by atoms with Gasteiger partial charge in [0.1, 0.15) is 5.82 Å². The van der Waals surface area contributed by atoms with Crippen molar-refractivity contribution in [1.29, 1.82) is 0 Å². The molecule has 0 bridgehead atoms. The van der Waals surface area contributed by atoms with Gasteiger partial charge >= 0.3 is 0 Å². The predicted molar refractivity (Wildman–Crippen MR) is 105 cm³/mol. The van der Waals surface area contributed by atoms with E-state index in [-0.39, 0.29) is 5.91 Å². The summed E-state index contributed by atoms with van der Waals surface area (Å²) in [5.74, 6) is 1.25. The van der Waals surface area contributed by atoms with Crippen molar-refractivity contribution in [2.45, 2.75) is 13.3 Å². The molecule has 4 heteroatoms. The molecule has 132 valence electrons. The van der Waals surface area contributed by atoms with Crippen LogP contribution in [0.1, 0.15) is 11.1 Å². The molecule has 2 aromatic carbocycles. The van der Waals surface area contributed by atoms with Crippen LogP contribution in [0.4, 0.5) is 5.82 Å². The van der Waals surface area contributed by atoms with Crippen LogP contribution in [-0.4, -0.2) is 42.0 Å². The standard InChI is InChI=1S/C22H23N3O/c1-17-15-19-9-5-6-10-20(19)23-22(17)25-13-11-24(12-14-25)21(26)16-18-7-3-2-4-8-18/h2-10,15H,11-14,16H2,1H3. The lowest BCUT2D eigenvalue weighted by atomic mass is 10.1.